The van der Waals surface area contributed by atoms with E-state index in [1.807, 2.05) is 7.05 Å². The van der Waals surface area contributed by atoms with Gasteiger partial charge < -0.3 is 15.2 Å². The van der Waals surface area contributed by atoms with Crippen molar-refractivity contribution >= 4 is 29.1 Å². The topological polar surface area (TPSA) is 48.1 Å². The molecule has 0 radical (unpaired) electrons. The van der Waals surface area contributed by atoms with Crippen LogP contribution in [0.25, 0.3) is 0 Å². The number of hydrogen-bond acceptors (Lipinski definition) is 2. The van der Waals surface area contributed by atoms with Crippen LogP contribution >= 0.6 is 23.2 Å². The Morgan fingerprint density at radius 3 is 2.82 bits per heavy atom. The van der Waals surface area contributed by atoms with Gasteiger partial charge in [0.1, 0.15) is 10.8 Å². The lowest BCUT2D eigenvalue weighted by Gasteiger charge is -2.31. The van der Waals surface area contributed by atoms with Gasteiger partial charge in [-0.15, -0.1) is 0 Å². The highest BCUT2D eigenvalue weighted by atomic mass is 35.5. The van der Waals surface area contributed by atoms with Crippen molar-refractivity contribution in [2.24, 2.45) is 0 Å². The Morgan fingerprint density at radius 1 is 1.53 bits per heavy atom. The number of nitrogens with one attached hydrogen (secondary N) is 2. The smallest absolute Gasteiger partial charge is 0.270 e. The summed E-state index contributed by atoms with van der Waals surface area (Å²) in [6, 6.07) is 1.80. The first-order valence-electron chi connectivity index (χ1n) is 5.61. The second-order valence-corrected chi connectivity index (χ2v) is 5.05. The maximum Gasteiger partial charge on any atom is 0.270 e. The maximum absolute atomic E-state index is 12.2. The van der Waals surface area contributed by atoms with Crippen LogP contribution in [0.15, 0.2) is 6.07 Å². The Balaban J connectivity index is 2.08. The van der Waals surface area contributed by atoms with Crippen molar-refractivity contribution in [1.29, 1.82) is 0 Å². The van der Waals surface area contributed by atoms with Gasteiger partial charge in [0.15, 0.2) is 0 Å². The quantitative estimate of drug-likeness (QED) is 0.869. The van der Waals surface area contributed by atoms with Gasteiger partial charge in [0, 0.05) is 19.6 Å². The van der Waals surface area contributed by atoms with Crippen LogP contribution in [0, 0.1) is 0 Å². The van der Waals surface area contributed by atoms with Crippen molar-refractivity contribution in [1.82, 2.24) is 15.2 Å². The van der Waals surface area contributed by atoms with Crippen LogP contribution in [0.2, 0.25) is 10.2 Å². The van der Waals surface area contributed by atoms with Gasteiger partial charge in [0.25, 0.3) is 5.91 Å². The maximum atomic E-state index is 12.2. The Hall–Kier alpha value is -0.710. The third-order valence-corrected chi connectivity index (χ3v) is 3.79. The van der Waals surface area contributed by atoms with Gasteiger partial charge in [-0.05, 0) is 25.5 Å². The number of piperidine rings is 1. The van der Waals surface area contributed by atoms with Crippen molar-refractivity contribution in [3.05, 3.63) is 21.9 Å². The summed E-state index contributed by atoms with van der Waals surface area (Å²) in [5.41, 5.74) is 0.438. The number of hydrogen-bond donors (Lipinski definition) is 2. The number of aromatic amines is 1. The molecule has 0 aliphatic carbocycles. The van der Waals surface area contributed by atoms with Gasteiger partial charge >= 0.3 is 0 Å². The van der Waals surface area contributed by atoms with Crippen molar-refractivity contribution in [3.8, 4) is 0 Å². The molecule has 2 heterocycles. The molecule has 17 heavy (non-hydrogen) atoms. The van der Waals surface area contributed by atoms with Gasteiger partial charge in [-0.3, -0.25) is 4.79 Å². The summed E-state index contributed by atoms with van der Waals surface area (Å²) in [7, 11) is 1.81. The first-order valence-corrected chi connectivity index (χ1v) is 6.37. The van der Waals surface area contributed by atoms with Gasteiger partial charge in [-0.2, -0.15) is 0 Å². The Kier molecular flexibility index (Phi) is 3.97. The summed E-state index contributed by atoms with van der Waals surface area (Å²) < 4.78 is 0. The summed E-state index contributed by atoms with van der Waals surface area (Å²) >= 11 is 11.6. The van der Waals surface area contributed by atoms with E-state index < -0.39 is 0 Å². The van der Waals surface area contributed by atoms with Crippen molar-refractivity contribution < 1.29 is 4.79 Å². The second-order valence-electron chi connectivity index (χ2n) is 4.26. The Labute approximate surface area is 110 Å². The van der Waals surface area contributed by atoms with E-state index in [0.29, 0.717) is 15.9 Å². The van der Waals surface area contributed by atoms with Crippen LogP contribution in [0.1, 0.15) is 23.3 Å². The summed E-state index contributed by atoms with van der Waals surface area (Å²) in [5, 5.41) is 3.97. The third kappa shape index (κ3) is 2.76. The standard InChI is InChI=1S/C11H15Cl2N3O/c1-16(7-3-2-4-14-6-7)11(17)9-5-8(12)10(13)15-9/h5,7,14-15H,2-4,6H2,1H3. The zero-order chi connectivity index (χ0) is 12.4. The van der Waals surface area contributed by atoms with Crippen LogP contribution in [0.4, 0.5) is 0 Å². The number of H-pyrrole nitrogens is 1. The fraction of sp³-hybridized carbons (Fsp3) is 0.545. The number of halogens is 2. The fourth-order valence-corrected chi connectivity index (χ4v) is 2.35. The number of carbonyl (C=O) groups is 1. The van der Waals surface area contributed by atoms with E-state index in [-0.39, 0.29) is 11.9 Å². The van der Waals surface area contributed by atoms with Crippen molar-refractivity contribution in [3.63, 3.8) is 0 Å². The lowest BCUT2D eigenvalue weighted by atomic mass is 10.1. The average Bonchev–Trinajstić information content (AvgIpc) is 2.69. The van der Waals surface area contributed by atoms with E-state index in [1.54, 1.807) is 11.0 Å². The summed E-state index contributed by atoms with van der Waals surface area (Å²) in [5.74, 6) is -0.0764. The molecule has 0 aromatic carbocycles. The largest absolute Gasteiger partial charge is 0.340 e. The Morgan fingerprint density at radius 2 is 2.29 bits per heavy atom. The number of likely N-dealkylation sites (N-methyl/N-ethyl adjacent to an activating group) is 1. The minimum absolute atomic E-state index is 0.0764. The number of nitrogens with zero attached hydrogens (tertiary/aromatic N) is 1. The molecule has 1 aliphatic rings. The molecule has 1 aliphatic heterocycles. The van der Waals surface area contributed by atoms with E-state index in [2.05, 4.69) is 10.3 Å². The Bertz CT molecular complexity index is 393. The van der Waals surface area contributed by atoms with E-state index in [4.69, 9.17) is 23.2 Å². The predicted molar refractivity (Wildman–Crippen MR) is 68.8 cm³/mol. The van der Waals surface area contributed by atoms with Gasteiger partial charge in [0.2, 0.25) is 0 Å². The highest BCUT2D eigenvalue weighted by molar-refractivity contribution is 6.41. The third-order valence-electron chi connectivity index (χ3n) is 3.09. The summed E-state index contributed by atoms with van der Waals surface area (Å²) in [6.45, 7) is 1.86. The molecule has 1 saturated heterocycles. The average molecular weight is 276 g/mol. The molecule has 4 nitrogen and oxygen atoms in total. The van der Waals surface area contributed by atoms with Crippen molar-refractivity contribution in [2.45, 2.75) is 18.9 Å². The number of carbonyl (C=O) groups excluding carboxylic acids is 1. The molecule has 1 fully saturated rings. The molecule has 1 atom stereocenters. The minimum Gasteiger partial charge on any atom is -0.340 e. The zero-order valence-electron chi connectivity index (χ0n) is 9.59. The monoisotopic (exact) mass is 275 g/mol. The second kappa shape index (κ2) is 5.29. The molecule has 6 heteroatoms. The van der Waals surface area contributed by atoms with Gasteiger partial charge in [0.05, 0.1) is 5.02 Å². The van der Waals surface area contributed by atoms with Crippen LogP contribution < -0.4 is 5.32 Å². The molecule has 1 aromatic rings. The summed E-state index contributed by atoms with van der Waals surface area (Å²) in [6.07, 6.45) is 2.12. The lowest BCUT2D eigenvalue weighted by Crippen LogP contribution is -2.46. The first-order chi connectivity index (χ1) is 8.09. The van der Waals surface area contributed by atoms with Gasteiger partial charge in [-0.1, -0.05) is 23.2 Å². The molecule has 2 N–H and O–H groups in total. The molecular formula is C11H15Cl2N3O. The van der Waals surface area contributed by atoms with Crippen LogP contribution in [0.3, 0.4) is 0 Å². The highest BCUT2D eigenvalue weighted by Gasteiger charge is 2.24. The lowest BCUT2D eigenvalue weighted by molar-refractivity contribution is 0.0703. The van der Waals surface area contributed by atoms with E-state index in [1.165, 1.54) is 0 Å². The van der Waals surface area contributed by atoms with Crippen LogP contribution in [-0.4, -0.2) is 42.0 Å². The molecule has 94 valence electrons. The predicted octanol–water partition coefficient (Wildman–Crippen LogP) is 2.15. The first kappa shape index (κ1) is 12.7. The SMILES string of the molecule is CN(C(=O)c1cc(Cl)c(Cl)[nH]1)C1CCCNC1. The normalized spacial score (nSPS) is 20.3. The van der Waals surface area contributed by atoms with Crippen LogP contribution in [0.5, 0.6) is 0 Å². The molecule has 0 spiro atoms. The summed E-state index contributed by atoms with van der Waals surface area (Å²) in [4.78, 5) is 16.7. The molecule has 0 bridgehead atoms. The number of rotatable bonds is 2. The zero-order valence-corrected chi connectivity index (χ0v) is 11.1. The van der Waals surface area contributed by atoms with Crippen molar-refractivity contribution in [2.75, 3.05) is 20.1 Å². The van der Waals surface area contributed by atoms with Gasteiger partial charge in [-0.25, -0.2) is 0 Å². The number of aromatic nitrogens is 1. The van der Waals surface area contributed by atoms with Crippen LogP contribution in [-0.2, 0) is 0 Å². The molecule has 1 unspecified atom stereocenters. The van der Waals surface area contributed by atoms with E-state index in [0.717, 1.165) is 25.9 Å². The molecule has 2 rings (SSSR count). The fourth-order valence-electron chi connectivity index (χ4n) is 2.04. The minimum atomic E-state index is -0.0764. The molecule has 1 amide bonds. The van der Waals surface area contributed by atoms with E-state index >= 15 is 0 Å². The number of amides is 1. The molecule has 0 saturated carbocycles. The highest BCUT2D eigenvalue weighted by Crippen LogP contribution is 2.23. The molecule has 1 aromatic heterocycles. The molecular weight excluding hydrogens is 261 g/mol. The van der Waals surface area contributed by atoms with E-state index in [9.17, 15) is 4.79 Å².